The summed E-state index contributed by atoms with van der Waals surface area (Å²) in [6.45, 7) is 0. The number of hydrogen-bond donors (Lipinski definition) is 2. The topological polar surface area (TPSA) is 88.2 Å². The van der Waals surface area contributed by atoms with Crippen LogP contribution in [0.3, 0.4) is 0 Å². The van der Waals surface area contributed by atoms with Crippen molar-refractivity contribution in [3.8, 4) is 5.75 Å². The van der Waals surface area contributed by atoms with Crippen LogP contribution in [0.4, 0.5) is 11.5 Å². The highest BCUT2D eigenvalue weighted by Crippen LogP contribution is 2.24. The number of nitrogens with zero attached hydrogens (tertiary/aromatic N) is 5. The van der Waals surface area contributed by atoms with E-state index < -0.39 is 0 Å². The molecule has 0 amide bonds. The number of phenolic OH excluding ortho intramolecular Hbond substituents is 1. The molecule has 2 aromatic heterocycles. The summed E-state index contributed by atoms with van der Waals surface area (Å²) in [4.78, 5) is 4.54. The van der Waals surface area contributed by atoms with E-state index in [1.807, 2.05) is 30.3 Å². The van der Waals surface area contributed by atoms with Crippen LogP contribution in [0.25, 0.3) is 16.7 Å². The summed E-state index contributed by atoms with van der Waals surface area (Å²) in [5.74, 6) is 0.709. The van der Waals surface area contributed by atoms with Gasteiger partial charge >= 0.3 is 0 Å². The number of hydrogen-bond acceptors (Lipinski definition) is 6. The van der Waals surface area contributed by atoms with Crippen LogP contribution in [0.2, 0.25) is 0 Å². The highest BCUT2D eigenvalue weighted by Gasteiger charge is 2.11. The van der Waals surface area contributed by atoms with Gasteiger partial charge in [-0.3, -0.25) is 0 Å². The summed E-state index contributed by atoms with van der Waals surface area (Å²) in [6, 6.07) is 14.4. The first-order chi connectivity index (χ1) is 10.3. The van der Waals surface area contributed by atoms with Crippen LogP contribution in [0.5, 0.6) is 5.75 Å². The number of para-hydroxylation sites is 2. The minimum Gasteiger partial charge on any atom is -0.508 e. The maximum absolute atomic E-state index is 9.53. The molecule has 0 fully saturated rings. The van der Waals surface area contributed by atoms with Crippen LogP contribution in [0, 0.1) is 0 Å². The third-order valence-electron chi connectivity index (χ3n) is 3.13. The van der Waals surface area contributed by atoms with Crippen molar-refractivity contribution in [3.63, 3.8) is 0 Å². The van der Waals surface area contributed by atoms with Gasteiger partial charge in [-0.05, 0) is 34.7 Å². The zero-order valence-corrected chi connectivity index (χ0v) is 10.8. The zero-order valence-electron chi connectivity index (χ0n) is 10.8. The summed E-state index contributed by atoms with van der Waals surface area (Å²) in [5, 5.41) is 24.4. The molecule has 0 radical (unpaired) electrons. The molecule has 2 N–H and O–H groups in total. The number of fused-ring (bicyclic) bond motifs is 3. The van der Waals surface area contributed by atoms with Crippen LogP contribution in [-0.4, -0.2) is 30.1 Å². The fourth-order valence-electron chi connectivity index (χ4n) is 2.21. The molecular weight excluding hydrogens is 268 g/mol. The number of aromatic nitrogens is 5. The third-order valence-corrected chi connectivity index (χ3v) is 3.13. The second-order valence-electron chi connectivity index (χ2n) is 4.54. The molecule has 4 rings (SSSR count). The van der Waals surface area contributed by atoms with E-state index in [1.165, 1.54) is 0 Å². The Morgan fingerprint density at radius 3 is 2.86 bits per heavy atom. The molecule has 7 nitrogen and oxygen atoms in total. The van der Waals surface area contributed by atoms with Crippen LogP contribution >= 0.6 is 0 Å². The maximum Gasteiger partial charge on any atom is 0.222 e. The molecule has 21 heavy (non-hydrogen) atoms. The molecule has 0 bridgehead atoms. The second kappa shape index (κ2) is 4.41. The first kappa shape index (κ1) is 11.6. The number of anilines is 2. The van der Waals surface area contributed by atoms with E-state index in [1.54, 1.807) is 22.7 Å². The van der Waals surface area contributed by atoms with Crippen LogP contribution in [0.1, 0.15) is 0 Å². The molecule has 0 aliphatic heterocycles. The predicted molar refractivity (Wildman–Crippen MR) is 77.5 cm³/mol. The zero-order chi connectivity index (χ0) is 14.2. The van der Waals surface area contributed by atoms with Crippen molar-refractivity contribution in [2.24, 2.45) is 0 Å². The number of phenols is 1. The Morgan fingerprint density at radius 2 is 1.95 bits per heavy atom. The van der Waals surface area contributed by atoms with Crippen molar-refractivity contribution >= 4 is 28.2 Å². The average Bonchev–Trinajstić information content (AvgIpc) is 2.97. The quantitative estimate of drug-likeness (QED) is 0.584. The fraction of sp³-hybridized carbons (Fsp3) is 0. The van der Waals surface area contributed by atoms with E-state index in [0.717, 1.165) is 11.0 Å². The first-order valence-corrected chi connectivity index (χ1v) is 6.34. The summed E-state index contributed by atoms with van der Waals surface area (Å²) >= 11 is 0. The molecule has 0 aliphatic rings. The Hall–Kier alpha value is -3.22. The molecule has 0 saturated carbocycles. The first-order valence-electron chi connectivity index (χ1n) is 6.34. The van der Waals surface area contributed by atoms with Gasteiger partial charge in [0, 0.05) is 11.8 Å². The molecule has 0 spiro atoms. The molecule has 102 valence electrons. The molecule has 2 aromatic carbocycles. The van der Waals surface area contributed by atoms with Crippen molar-refractivity contribution in [1.82, 2.24) is 25.0 Å². The molecule has 4 aromatic rings. The standard InChI is InChI=1S/C14H10N6O/c21-10-5-3-4-9(8-10)15-13-14-17-18-19-20(14)12-7-2-1-6-11(12)16-13/h1-8,21H,(H,15,16). The normalized spacial score (nSPS) is 11.0. The lowest BCUT2D eigenvalue weighted by molar-refractivity contribution is 0.475. The van der Waals surface area contributed by atoms with Crippen molar-refractivity contribution in [3.05, 3.63) is 48.5 Å². The van der Waals surface area contributed by atoms with Gasteiger partial charge in [-0.15, -0.1) is 5.10 Å². The van der Waals surface area contributed by atoms with Crippen LogP contribution < -0.4 is 5.32 Å². The summed E-state index contributed by atoms with van der Waals surface area (Å²) in [7, 11) is 0. The number of benzene rings is 2. The largest absolute Gasteiger partial charge is 0.508 e. The Bertz CT molecular complexity index is 948. The van der Waals surface area contributed by atoms with Gasteiger partial charge in [0.25, 0.3) is 0 Å². The Labute approximate surface area is 118 Å². The number of aromatic hydroxyl groups is 1. The lowest BCUT2D eigenvalue weighted by atomic mass is 10.3. The second-order valence-corrected chi connectivity index (χ2v) is 4.54. The predicted octanol–water partition coefficient (Wildman–Crippen LogP) is 2.12. The monoisotopic (exact) mass is 278 g/mol. The van der Waals surface area contributed by atoms with Gasteiger partial charge in [-0.25, -0.2) is 4.98 Å². The molecular formula is C14H10N6O. The minimum atomic E-state index is 0.177. The average molecular weight is 278 g/mol. The summed E-state index contributed by atoms with van der Waals surface area (Å²) in [5.41, 5.74) is 2.85. The summed E-state index contributed by atoms with van der Waals surface area (Å²) in [6.07, 6.45) is 0. The van der Waals surface area contributed by atoms with Crippen LogP contribution in [-0.2, 0) is 0 Å². The molecule has 0 unspecified atom stereocenters. The van der Waals surface area contributed by atoms with Crippen molar-refractivity contribution in [2.75, 3.05) is 5.32 Å². The molecule has 0 aliphatic carbocycles. The smallest absolute Gasteiger partial charge is 0.222 e. The molecule has 0 saturated heterocycles. The fourth-order valence-corrected chi connectivity index (χ4v) is 2.21. The van der Waals surface area contributed by atoms with E-state index in [0.29, 0.717) is 17.2 Å². The van der Waals surface area contributed by atoms with E-state index in [-0.39, 0.29) is 5.75 Å². The van der Waals surface area contributed by atoms with E-state index >= 15 is 0 Å². The third kappa shape index (κ3) is 1.91. The Kier molecular flexibility index (Phi) is 2.43. The SMILES string of the molecule is Oc1cccc(Nc2nc3ccccc3n3nnnc23)c1. The lowest BCUT2D eigenvalue weighted by Gasteiger charge is -2.08. The Morgan fingerprint density at radius 1 is 1.05 bits per heavy atom. The van der Waals surface area contributed by atoms with E-state index in [4.69, 9.17) is 0 Å². The lowest BCUT2D eigenvalue weighted by Crippen LogP contribution is -2.00. The number of rotatable bonds is 2. The number of nitrogens with one attached hydrogen (secondary N) is 1. The molecule has 0 atom stereocenters. The van der Waals surface area contributed by atoms with Crippen LogP contribution in [0.15, 0.2) is 48.5 Å². The Balaban J connectivity index is 1.92. The van der Waals surface area contributed by atoms with Gasteiger partial charge in [-0.2, -0.15) is 4.52 Å². The summed E-state index contributed by atoms with van der Waals surface area (Å²) < 4.78 is 1.63. The van der Waals surface area contributed by atoms with E-state index in [9.17, 15) is 5.11 Å². The van der Waals surface area contributed by atoms with Gasteiger partial charge in [-0.1, -0.05) is 18.2 Å². The van der Waals surface area contributed by atoms with Gasteiger partial charge in [0.15, 0.2) is 5.82 Å². The van der Waals surface area contributed by atoms with Gasteiger partial charge in [0.05, 0.1) is 11.0 Å². The van der Waals surface area contributed by atoms with E-state index in [2.05, 4.69) is 25.8 Å². The maximum atomic E-state index is 9.53. The minimum absolute atomic E-state index is 0.177. The highest BCUT2D eigenvalue weighted by atomic mass is 16.3. The van der Waals surface area contributed by atoms with Gasteiger partial charge < -0.3 is 10.4 Å². The van der Waals surface area contributed by atoms with Crippen molar-refractivity contribution in [2.45, 2.75) is 0 Å². The molecule has 7 heteroatoms. The molecule has 2 heterocycles. The van der Waals surface area contributed by atoms with Gasteiger partial charge in [0.1, 0.15) is 5.75 Å². The number of tetrazole rings is 1. The van der Waals surface area contributed by atoms with Crippen molar-refractivity contribution < 1.29 is 5.11 Å². The highest BCUT2D eigenvalue weighted by molar-refractivity contribution is 5.83. The van der Waals surface area contributed by atoms with Crippen molar-refractivity contribution in [1.29, 1.82) is 0 Å². The van der Waals surface area contributed by atoms with Gasteiger partial charge in [0.2, 0.25) is 5.65 Å².